The first-order chi connectivity index (χ1) is 25.2. The Morgan fingerprint density at radius 3 is 2.17 bits per heavy atom. The highest BCUT2D eigenvalue weighted by Crippen LogP contribution is 2.43. The fourth-order valence-corrected chi connectivity index (χ4v) is 7.33. The number of hydrogen-bond acceptors (Lipinski definition) is 8. The summed E-state index contributed by atoms with van der Waals surface area (Å²) >= 11 is 14.0. The third-order valence-corrected chi connectivity index (χ3v) is 10.2. The Morgan fingerprint density at radius 2 is 1.50 bits per heavy atom. The van der Waals surface area contributed by atoms with Gasteiger partial charge < -0.3 is 26.0 Å². The molecule has 14 heteroatoms. The first-order valence-corrected chi connectivity index (χ1v) is 17.8. The summed E-state index contributed by atoms with van der Waals surface area (Å²) in [4.78, 5) is 45.4. The fraction of sp³-hybridized carbons (Fsp3) is 0.289. The van der Waals surface area contributed by atoms with Crippen molar-refractivity contribution in [3.63, 3.8) is 0 Å². The van der Waals surface area contributed by atoms with E-state index in [1.54, 1.807) is 36.7 Å². The van der Waals surface area contributed by atoms with Gasteiger partial charge in [-0.1, -0.05) is 47.5 Å². The predicted octanol–water partition coefficient (Wildman–Crippen LogP) is 5.28. The molecule has 11 nitrogen and oxygen atoms in total. The lowest BCUT2D eigenvalue weighted by atomic mass is 9.96. The van der Waals surface area contributed by atoms with Gasteiger partial charge in [0.15, 0.2) is 0 Å². The summed E-state index contributed by atoms with van der Waals surface area (Å²) in [7, 11) is 1.52. The standard InChI is InChI=1S/C38H36Cl2FN7O4/c1-52-37-22(16-42-19-25-6-9-33(49)45-25)5-8-31(47-37)30-15-24(41)14-29(36(30)40)28-4-2-3-27(35(28)39)21-11-12-48-32(13-21)44-18-23(38(48)51)17-43-20-26-7-10-34(50)46-26/h2-5,8,11-15,18,25-26,42-43H,6-7,9-10,16-17,19-20H2,1H3,(H,45,49)(H,46,50)/t25-,26-/m1/s1. The number of nitrogens with one attached hydrogen (secondary N) is 4. The van der Waals surface area contributed by atoms with Crippen LogP contribution in [0.3, 0.4) is 0 Å². The molecule has 0 aliphatic carbocycles. The second-order valence-electron chi connectivity index (χ2n) is 12.9. The third kappa shape index (κ3) is 7.51. The van der Waals surface area contributed by atoms with Crippen molar-refractivity contribution in [1.29, 1.82) is 0 Å². The molecule has 268 valence electrons. The van der Waals surface area contributed by atoms with Crippen molar-refractivity contribution in [2.45, 2.75) is 50.9 Å². The highest BCUT2D eigenvalue weighted by Gasteiger charge is 2.22. The van der Waals surface area contributed by atoms with E-state index in [1.807, 2.05) is 18.2 Å². The van der Waals surface area contributed by atoms with E-state index in [1.165, 1.54) is 23.6 Å². The molecule has 2 amide bonds. The number of carbonyl (C=O) groups is 2. The Balaban J connectivity index is 1.12. The van der Waals surface area contributed by atoms with Crippen LogP contribution in [0.5, 0.6) is 5.88 Å². The molecule has 2 saturated heterocycles. The van der Waals surface area contributed by atoms with Gasteiger partial charge in [-0.3, -0.25) is 18.8 Å². The molecule has 2 aliphatic rings. The molecule has 0 saturated carbocycles. The number of amides is 2. The third-order valence-electron chi connectivity index (χ3n) is 9.41. The molecule has 7 rings (SSSR count). The minimum Gasteiger partial charge on any atom is -0.481 e. The number of hydrogen-bond donors (Lipinski definition) is 4. The van der Waals surface area contributed by atoms with Gasteiger partial charge in [-0.05, 0) is 48.7 Å². The van der Waals surface area contributed by atoms with Crippen LogP contribution in [-0.4, -0.2) is 58.5 Å². The molecule has 0 unspecified atom stereocenters. The second-order valence-corrected chi connectivity index (χ2v) is 13.7. The van der Waals surface area contributed by atoms with Crippen LogP contribution in [0.25, 0.3) is 39.2 Å². The molecule has 2 aliphatic heterocycles. The maximum atomic E-state index is 15.3. The monoisotopic (exact) mass is 743 g/mol. The number of benzene rings is 2. The lowest BCUT2D eigenvalue weighted by Gasteiger charge is -2.16. The SMILES string of the molecule is COc1nc(-c2cc(F)cc(-c3cccc(-c4ccn5c(=O)c(CNC[C@H]6CCC(=O)N6)cnc5c4)c3Cl)c2Cl)ccc1CNC[C@H]1CCC(=O)N1. The average molecular weight is 745 g/mol. The van der Waals surface area contributed by atoms with Crippen molar-refractivity contribution in [2.75, 3.05) is 20.2 Å². The molecule has 52 heavy (non-hydrogen) atoms. The van der Waals surface area contributed by atoms with Gasteiger partial charge in [0.2, 0.25) is 17.7 Å². The van der Waals surface area contributed by atoms with Crippen molar-refractivity contribution in [3.05, 3.63) is 104 Å². The van der Waals surface area contributed by atoms with Gasteiger partial charge >= 0.3 is 0 Å². The zero-order valence-corrected chi connectivity index (χ0v) is 29.8. The van der Waals surface area contributed by atoms with Crippen molar-refractivity contribution < 1.29 is 18.7 Å². The normalized spacial score (nSPS) is 17.1. The summed E-state index contributed by atoms with van der Waals surface area (Å²) in [6.45, 7) is 1.97. The largest absolute Gasteiger partial charge is 0.481 e. The van der Waals surface area contributed by atoms with Gasteiger partial charge in [0.05, 0.1) is 22.8 Å². The zero-order valence-electron chi connectivity index (χ0n) is 28.3. The highest BCUT2D eigenvalue weighted by atomic mass is 35.5. The molecular weight excluding hydrogens is 708 g/mol. The minimum absolute atomic E-state index is 0.0442. The van der Waals surface area contributed by atoms with Crippen LogP contribution >= 0.6 is 23.2 Å². The van der Waals surface area contributed by atoms with E-state index < -0.39 is 5.82 Å². The predicted molar refractivity (Wildman–Crippen MR) is 198 cm³/mol. The summed E-state index contributed by atoms with van der Waals surface area (Å²) in [6.07, 6.45) is 5.82. The van der Waals surface area contributed by atoms with Crippen LogP contribution in [0, 0.1) is 5.82 Å². The summed E-state index contributed by atoms with van der Waals surface area (Å²) in [5.41, 5.74) is 4.59. The lowest BCUT2D eigenvalue weighted by molar-refractivity contribution is -0.120. The van der Waals surface area contributed by atoms with Gasteiger partial charge in [-0.25, -0.2) is 14.4 Å². The molecule has 4 N–H and O–H groups in total. The van der Waals surface area contributed by atoms with Crippen LogP contribution in [-0.2, 0) is 22.7 Å². The first-order valence-electron chi connectivity index (χ1n) is 17.0. The van der Waals surface area contributed by atoms with Crippen molar-refractivity contribution in [2.24, 2.45) is 0 Å². The Kier molecular flexibility index (Phi) is 10.5. The zero-order chi connectivity index (χ0) is 36.4. The number of fused-ring (bicyclic) bond motifs is 1. The molecule has 2 fully saturated rings. The van der Waals surface area contributed by atoms with E-state index in [2.05, 4.69) is 31.2 Å². The number of carbonyl (C=O) groups excluding carboxylic acids is 2. The maximum Gasteiger partial charge on any atom is 0.262 e. The van der Waals surface area contributed by atoms with Gasteiger partial charge in [-0.2, -0.15) is 0 Å². The van der Waals surface area contributed by atoms with Crippen molar-refractivity contribution >= 4 is 40.7 Å². The topological polar surface area (TPSA) is 139 Å². The van der Waals surface area contributed by atoms with Crippen molar-refractivity contribution in [3.8, 4) is 39.4 Å². The summed E-state index contributed by atoms with van der Waals surface area (Å²) in [6, 6.07) is 15.4. The van der Waals surface area contributed by atoms with E-state index >= 15 is 4.39 Å². The van der Waals surface area contributed by atoms with Crippen LogP contribution < -0.4 is 31.6 Å². The fourth-order valence-electron chi connectivity index (χ4n) is 6.69. The Bertz CT molecular complexity index is 2250. The number of halogens is 3. The number of ether oxygens (including phenoxy) is 1. The second kappa shape index (κ2) is 15.4. The van der Waals surface area contributed by atoms with Crippen LogP contribution in [0.2, 0.25) is 10.0 Å². The van der Waals surface area contributed by atoms with Crippen LogP contribution in [0.4, 0.5) is 4.39 Å². The van der Waals surface area contributed by atoms with Crippen LogP contribution in [0.1, 0.15) is 36.8 Å². The summed E-state index contributed by atoms with van der Waals surface area (Å²) < 4.78 is 22.3. The minimum atomic E-state index is -0.520. The number of methoxy groups -OCH3 is 1. The smallest absolute Gasteiger partial charge is 0.262 e. The molecule has 5 aromatic rings. The quantitative estimate of drug-likeness (QED) is 0.136. The Morgan fingerprint density at radius 1 is 0.846 bits per heavy atom. The molecule has 3 aromatic heterocycles. The molecule has 5 heterocycles. The van der Waals surface area contributed by atoms with E-state index in [-0.39, 0.29) is 34.5 Å². The molecule has 0 radical (unpaired) electrons. The van der Waals surface area contributed by atoms with Gasteiger partial charge in [-0.15, -0.1) is 0 Å². The van der Waals surface area contributed by atoms with E-state index in [4.69, 9.17) is 27.9 Å². The number of rotatable bonds is 12. The molecule has 0 bridgehead atoms. The molecule has 2 atom stereocenters. The lowest BCUT2D eigenvalue weighted by Crippen LogP contribution is -2.36. The van der Waals surface area contributed by atoms with Gasteiger partial charge in [0.1, 0.15) is 11.5 Å². The highest BCUT2D eigenvalue weighted by molar-refractivity contribution is 6.39. The van der Waals surface area contributed by atoms with Crippen molar-refractivity contribution in [1.82, 2.24) is 35.6 Å². The Hall–Kier alpha value is -4.88. The van der Waals surface area contributed by atoms with Gasteiger partial charge in [0, 0.05) is 96.9 Å². The summed E-state index contributed by atoms with van der Waals surface area (Å²) in [5.74, 6) is -0.0448. The van der Waals surface area contributed by atoms with E-state index in [9.17, 15) is 14.4 Å². The van der Waals surface area contributed by atoms with Crippen LogP contribution in [0.15, 0.2) is 71.8 Å². The number of pyridine rings is 2. The molecular formula is C38H36Cl2FN7O4. The number of nitrogens with zero attached hydrogens (tertiary/aromatic N) is 3. The average Bonchev–Trinajstić information content (AvgIpc) is 3.76. The van der Waals surface area contributed by atoms with E-state index in [0.29, 0.717) is 94.6 Å². The Labute approximate surface area is 308 Å². The number of aromatic nitrogens is 3. The maximum absolute atomic E-state index is 15.3. The summed E-state index contributed by atoms with van der Waals surface area (Å²) in [5, 5.41) is 13.0. The molecule has 2 aromatic carbocycles. The van der Waals surface area contributed by atoms with E-state index in [0.717, 1.165) is 18.4 Å². The molecule has 0 spiro atoms. The van der Waals surface area contributed by atoms with Gasteiger partial charge in [0.25, 0.3) is 5.56 Å². The first kappa shape index (κ1) is 35.5.